The lowest BCUT2D eigenvalue weighted by molar-refractivity contribution is -0.117. The van der Waals surface area contributed by atoms with Gasteiger partial charge in [-0.1, -0.05) is 18.5 Å². The van der Waals surface area contributed by atoms with Crippen LogP contribution in [0, 0.1) is 0 Å². The van der Waals surface area contributed by atoms with Gasteiger partial charge in [-0.05, 0) is 24.6 Å². The molecule has 116 valence electrons. The summed E-state index contributed by atoms with van der Waals surface area (Å²) in [5, 5.41) is 3.36. The second-order valence-corrected chi connectivity index (χ2v) is 5.67. The van der Waals surface area contributed by atoms with E-state index in [9.17, 15) is 4.79 Å². The molecule has 0 bridgehead atoms. The van der Waals surface area contributed by atoms with Gasteiger partial charge in [-0.2, -0.15) is 0 Å². The van der Waals surface area contributed by atoms with Crippen LogP contribution >= 0.6 is 11.6 Å². The Bertz CT molecular complexity index is 496. The number of hydrogen-bond donors (Lipinski definition) is 2. The van der Waals surface area contributed by atoms with E-state index >= 15 is 0 Å². The molecule has 1 atom stereocenters. The number of rotatable bonds is 5. The molecule has 6 heteroatoms. The van der Waals surface area contributed by atoms with Gasteiger partial charge in [-0.15, -0.1) is 0 Å². The molecule has 1 aromatic carbocycles. The summed E-state index contributed by atoms with van der Waals surface area (Å²) in [6, 6.07) is 5.05. The molecule has 3 N–H and O–H groups in total. The molecule has 0 saturated carbocycles. The molecule has 21 heavy (non-hydrogen) atoms. The number of nitrogen functional groups attached to an aromatic ring is 1. The zero-order valence-corrected chi connectivity index (χ0v) is 13.0. The van der Waals surface area contributed by atoms with E-state index in [1.165, 1.54) is 0 Å². The summed E-state index contributed by atoms with van der Waals surface area (Å²) in [6.07, 6.45) is 1.72. The zero-order valence-electron chi connectivity index (χ0n) is 12.3. The van der Waals surface area contributed by atoms with E-state index < -0.39 is 0 Å². The largest absolute Gasteiger partial charge is 0.397 e. The smallest absolute Gasteiger partial charge is 0.225 e. The lowest BCUT2D eigenvalue weighted by atomic mass is 10.2. The maximum atomic E-state index is 12.0. The number of ether oxygens (including phenoxy) is 1. The van der Waals surface area contributed by atoms with Crippen LogP contribution in [0.4, 0.5) is 11.4 Å². The van der Waals surface area contributed by atoms with E-state index in [2.05, 4.69) is 17.1 Å². The average Bonchev–Trinajstić information content (AvgIpc) is 2.49. The monoisotopic (exact) mass is 311 g/mol. The Labute approximate surface area is 130 Å². The standard InChI is InChI=1S/C15H22ClN3O2/c1-2-12-10-19(7-8-21-12)6-5-15(20)18-14-9-11(16)3-4-13(14)17/h3-4,9,12H,2,5-8,10,17H2,1H3,(H,18,20). The molecule has 1 heterocycles. The molecule has 1 saturated heterocycles. The van der Waals surface area contributed by atoms with E-state index in [0.29, 0.717) is 22.8 Å². The number of amides is 1. The summed E-state index contributed by atoms with van der Waals surface area (Å²) in [6.45, 7) is 5.35. The number of anilines is 2. The quantitative estimate of drug-likeness (QED) is 0.819. The number of benzene rings is 1. The van der Waals surface area contributed by atoms with Crippen LogP contribution in [0.15, 0.2) is 18.2 Å². The summed E-state index contributed by atoms with van der Waals surface area (Å²) < 4.78 is 5.62. The molecular formula is C15H22ClN3O2. The molecule has 1 amide bonds. The van der Waals surface area contributed by atoms with Crippen molar-refractivity contribution >= 4 is 28.9 Å². The maximum Gasteiger partial charge on any atom is 0.225 e. The fraction of sp³-hybridized carbons (Fsp3) is 0.533. The molecule has 1 fully saturated rings. The van der Waals surface area contributed by atoms with E-state index in [1.54, 1.807) is 18.2 Å². The minimum atomic E-state index is -0.0523. The fourth-order valence-corrected chi connectivity index (χ4v) is 2.51. The first kappa shape index (κ1) is 16.1. The van der Waals surface area contributed by atoms with Gasteiger partial charge in [0.1, 0.15) is 0 Å². The Morgan fingerprint density at radius 3 is 3.14 bits per heavy atom. The van der Waals surface area contributed by atoms with Crippen LogP contribution < -0.4 is 11.1 Å². The van der Waals surface area contributed by atoms with E-state index in [-0.39, 0.29) is 12.0 Å². The van der Waals surface area contributed by atoms with E-state index in [1.807, 2.05) is 0 Å². The predicted octanol–water partition coefficient (Wildman–Crippen LogP) is 2.36. The topological polar surface area (TPSA) is 67.6 Å². The second kappa shape index (κ2) is 7.64. The van der Waals surface area contributed by atoms with Crippen molar-refractivity contribution in [3.63, 3.8) is 0 Å². The van der Waals surface area contributed by atoms with Gasteiger partial charge < -0.3 is 15.8 Å². The first-order valence-electron chi connectivity index (χ1n) is 7.27. The minimum Gasteiger partial charge on any atom is -0.397 e. The Kier molecular flexibility index (Phi) is 5.85. The fourth-order valence-electron chi connectivity index (χ4n) is 2.34. The molecule has 1 aliphatic rings. The highest BCUT2D eigenvalue weighted by atomic mass is 35.5. The van der Waals surface area contributed by atoms with E-state index in [0.717, 1.165) is 32.7 Å². The first-order chi connectivity index (χ1) is 10.1. The molecule has 1 aliphatic heterocycles. The number of morpholine rings is 1. The molecule has 0 radical (unpaired) electrons. The highest BCUT2D eigenvalue weighted by Crippen LogP contribution is 2.23. The molecule has 0 aliphatic carbocycles. The minimum absolute atomic E-state index is 0.0523. The second-order valence-electron chi connectivity index (χ2n) is 5.23. The molecular weight excluding hydrogens is 290 g/mol. The van der Waals surface area contributed by atoms with E-state index in [4.69, 9.17) is 22.1 Å². The van der Waals surface area contributed by atoms with Crippen LogP contribution in [0.5, 0.6) is 0 Å². The third-order valence-corrected chi connectivity index (χ3v) is 3.86. The molecule has 5 nitrogen and oxygen atoms in total. The molecule has 1 unspecified atom stereocenters. The molecule has 1 aromatic rings. The van der Waals surface area contributed by atoms with Gasteiger partial charge in [0.25, 0.3) is 0 Å². The molecule has 2 rings (SSSR count). The van der Waals surface area contributed by atoms with Gasteiger partial charge in [-0.25, -0.2) is 0 Å². The SMILES string of the molecule is CCC1CN(CCC(=O)Nc2cc(Cl)ccc2N)CCO1. The third kappa shape index (κ3) is 4.88. The lowest BCUT2D eigenvalue weighted by Crippen LogP contribution is -2.43. The van der Waals surface area contributed by atoms with Gasteiger partial charge >= 0.3 is 0 Å². The summed E-state index contributed by atoms with van der Waals surface area (Å²) in [5.41, 5.74) is 6.90. The third-order valence-electron chi connectivity index (χ3n) is 3.62. The summed E-state index contributed by atoms with van der Waals surface area (Å²) >= 11 is 5.90. The number of nitrogens with one attached hydrogen (secondary N) is 1. The van der Waals surface area contributed by atoms with Gasteiger partial charge in [-0.3, -0.25) is 9.69 Å². The van der Waals surface area contributed by atoms with Crippen molar-refractivity contribution in [2.24, 2.45) is 0 Å². The Balaban J connectivity index is 1.80. The van der Waals surface area contributed by atoms with Crippen molar-refractivity contribution in [3.8, 4) is 0 Å². The molecule has 0 aromatic heterocycles. The van der Waals surface area contributed by atoms with Crippen LogP contribution in [0.25, 0.3) is 0 Å². The van der Waals surface area contributed by atoms with Gasteiger partial charge in [0, 0.05) is 31.1 Å². The Morgan fingerprint density at radius 2 is 2.38 bits per heavy atom. The Hall–Kier alpha value is -1.30. The van der Waals surface area contributed by atoms with Crippen LogP contribution in [0.3, 0.4) is 0 Å². The Morgan fingerprint density at radius 1 is 1.57 bits per heavy atom. The number of hydrogen-bond acceptors (Lipinski definition) is 4. The van der Waals surface area contributed by atoms with Crippen LogP contribution in [0.2, 0.25) is 5.02 Å². The predicted molar refractivity (Wildman–Crippen MR) is 85.6 cm³/mol. The number of carbonyl (C=O) groups excluding carboxylic acids is 1. The van der Waals surface area contributed by atoms with Gasteiger partial charge in [0.2, 0.25) is 5.91 Å². The van der Waals surface area contributed by atoms with Crippen LogP contribution in [-0.2, 0) is 9.53 Å². The van der Waals surface area contributed by atoms with Crippen molar-refractivity contribution in [3.05, 3.63) is 23.2 Å². The van der Waals surface area contributed by atoms with Gasteiger partial charge in [0.15, 0.2) is 0 Å². The lowest BCUT2D eigenvalue weighted by Gasteiger charge is -2.32. The number of nitrogens with two attached hydrogens (primary N) is 1. The average molecular weight is 312 g/mol. The van der Waals surface area contributed by atoms with Gasteiger partial charge in [0.05, 0.1) is 24.1 Å². The summed E-state index contributed by atoms with van der Waals surface area (Å²) in [7, 11) is 0. The van der Waals surface area contributed by atoms with Crippen molar-refractivity contribution < 1.29 is 9.53 Å². The normalized spacial score (nSPS) is 19.4. The van der Waals surface area contributed by atoms with Crippen LogP contribution in [-0.4, -0.2) is 43.2 Å². The number of halogens is 1. The number of nitrogens with zero attached hydrogens (tertiary/aromatic N) is 1. The van der Waals surface area contributed by atoms with Crippen molar-refractivity contribution in [1.29, 1.82) is 0 Å². The van der Waals surface area contributed by atoms with Crippen molar-refractivity contribution in [1.82, 2.24) is 4.90 Å². The molecule has 0 spiro atoms. The zero-order chi connectivity index (χ0) is 15.2. The number of carbonyl (C=O) groups is 1. The summed E-state index contributed by atoms with van der Waals surface area (Å²) in [4.78, 5) is 14.3. The van der Waals surface area contributed by atoms with Crippen molar-refractivity contribution in [2.45, 2.75) is 25.9 Å². The summed E-state index contributed by atoms with van der Waals surface area (Å²) in [5.74, 6) is -0.0523. The van der Waals surface area contributed by atoms with Crippen LogP contribution in [0.1, 0.15) is 19.8 Å². The maximum absolute atomic E-state index is 12.0. The highest BCUT2D eigenvalue weighted by Gasteiger charge is 2.19. The highest BCUT2D eigenvalue weighted by molar-refractivity contribution is 6.31. The van der Waals surface area contributed by atoms with Crippen molar-refractivity contribution in [2.75, 3.05) is 37.3 Å². The first-order valence-corrected chi connectivity index (χ1v) is 7.65.